The van der Waals surface area contributed by atoms with Crippen LogP contribution in [-0.2, 0) is 4.79 Å². The number of carbonyl (C=O) groups is 1. The van der Waals surface area contributed by atoms with Crippen LogP contribution < -0.4 is 4.90 Å². The third kappa shape index (κ3) is 6.72. The molecule has 3 rings (SSSR count). The number of nitrogens with zero attached hydrogens (tertiary/aromatic N) is 3. The molecule has 0 saturated heterocycles. The first-order chi connectivity index (χ1) is 15.0. The molecular formula is C23H27F2N3OS2. The number of likely N-dealkylation sites (N-methyl/N-ethyl adjacent to an activating group) is 1. The normalized spacial score (nSPS) is 11.4. The van der Waals surface area contributed by atoms with Gasteiger partial charge in [0.15, 0.2) is 5.13 Å². The van der Waals surface area contributed by atoms with Gasteiger partial charge in [0.2, 0.25) is 5.91 Å². The van der Waals surface area contributed by atoms with Gasteiger partial charge < -0.3 is 4.90 Å². The molecule has 0 aliphatic rings. The standard InChI is InChI=1S/C23H27F2N3OS2/c1-3-27(4-2)13-14-28(23-26-20-12-9-18(25)16-21(20)31-23)22(29)6-5-15-30-19-10-7-17(24)8-11-19/h7-12,16H,3-6,13-15H2,1-2H3. The van der Waals surface area contributed by atoms with Crippen LogP contribution in [0.25, 0.3) is 10.2 Å². The second-order valence-electron chi connectivity index (χ2n) is 7.09. The van der Waals surface area contributed by atoms with Crippen molar-refractivity contribution in [1.82, 2.24) is 9.88 Å². The largest absolute Gasteiger partial charge is 0.302 e. The van der Waals surface area contributed by atoms with Crippen LogP contribution in [0, 0.1) is 11.6 Å². The Balaban J connectivity index is 1.65. The van der Waals surface area contributed by atoms with Crippen LogP contribution in [0.4, 0.5) is 13.9 Å². The molecule has 0 bridgehead atoms. The Kier molecular flexibility index (Phi) is 8.80. The predicted octanol–water partition coefficient (Wildman–Crippen LogP) is 5.82. The summed E-state index contributed by atoms with van der Waals surface area (Å²) in [4.78, 5) is 22.6. The lowest BCUT2D eigenvalue weighted by atomic mass is 10.3. The highest BCUT2D eigenvalue weighted by Gasteiger charge is 2.20. The van der Waals surface area contributed by atoms with Gasteiger partial charge in [-0.25, -0.2) is 13.8 Å². The second kappa shape index (κ2) is 11.5. The monoisotopic (exact) mass is 463 g/mol. The third-order valence-electron chi connectivity index (χ3n) is 5.02. The van der Waals surface area contributed by atoms with E-state index in [1.807, 2.05) is 0 Å². The molecule has 0 unspecified atom stereocenters. The van der Waals surface area contributed by atoms with Crippen LogP contribution in [0.5, 0.6) is 0 Å². The van der Waals surface area contributed by atoms with Crippen LogP contribution in [-0.4, -0.2) is 47.7 Å². The molecule has 3 aromatic rings. The van der Waals surface area contributed by atoms with Crippen LogP contribution in [0.15, 0.2) is 47.4 Å². The molecule has 1 aromatic heterocycles. The summed E-state index contributed by atoms with van der Waals surface area (Å²) >= 11 is 2.96. The summed E-state index contributed by atoms with van der Waals surface area (Å²) in [7, 11) is 0. The number of fused-ring (bicyclic) bond motifs is 1. The van der Waals surface area contributed by atoms with Crippen LogP contribution in [0.3, 0.4) is 0 Å². The fourth-order valence-electron chi connectivity index (χ4n) is 3.19. The van der Waals surface area contributed by atoms with Crippen LogP contribution in [0.1, 0.15) is 26.7 Å². The van der Waals surface area contributed by atoms with E-state index < -0.39 is 0 Å². The van der Waals surface area contributed by atoms with Gasteiger partial charge in [0.25, 0.3) is 0 Å². The third-order valence-corrected chi connectivity index (χ3v) is 7.16. The zero-order valence-corrected chi connectivity index (χ0v) is 19.4. The van der Waals surface area contributed by atoms with Crippen molar-refractivity contribution in [2.24, 2.45) is 0 Å². The molecule has 0 saturated carbocycles. The first-order valence-corrected chi connectivity index (χ1v) is 12.3. The summed E-state index contributed by atoms with van der Waals surface area (Å²) in [6.07, 6.45) is 1.11. The van der Waals surface area contributed by atoms with Gasteiger partial charge in [-0.05, 0) is 67.7 Å². The number of benzene rings is 2. The van der Waals surface area contributed by atoms with E-state index in [0.717, 1.165) is 35.0 Å². The van der Waals surface area contributed by atoms with Crippen molar-refractivity contribution in [3.8, 4) is 0 Å². The van der Waals surface area contributed by atoms with Crippen molar-refractivity contribution >= 4 is 44.4 Å². The predicted molar refractivity (Wildman–Crippen MR) is 126 cm³/mol. The van der Waals surface area contributed by atoms with Crippen LogP contribution >= 0.6 is 23.1 Å². The molecule has 166 valence electrons. The average molecular weight is 464 g/mol. The summed E-state index contributed by atoms with van der Waals surface area (Å²) in [5.41, 5.74) is 0.703. The van der Waals surface area contributed by atoms with Gasteiger partial charge >= 0.3 is 0 Å². The topological polar surface area (TPSA) is 36.4 Å². The van der Waals surface area contributed by atoms with Gasteiger partial charge in [0, 0.05) is 24.4 Å². The van der Waals surface area contributed by atoms with Crippen molar-refractivity contribution in [2.45, 2.75) is 31.6 Å². The Morgan fingerprint density at radius 2 is 1.74 bits per heavy atom. The van der Waals surface area contributed by atoms with E-state index in [-0.39, 0.29) is 17.5 Å². The Labute approximate surface area is 190 Å². The molecule has 0 aliphatic carbocycles. The Morgan fingerprint density at radius 1 is 1.03 bits per heavy atom. The van der Waals surface area contributed by atoms with Gasteiger partial charge in [0.05, 0.1) is 10.2 Å². The van der Waals surface area contributed by atoms with Crippen molar-refractivity contribution < 1.29 is 13.6 Å². The number of thioether (sulfide) groups is 1. The number of amides is 1. The summed E-state index contributed by atoms with van der Waals surface area (Å²) in [6.45, 7) is 7.34. The average Bonchev–Trinajstić information content (AvgIpc) is 3.18. The Hall–Kier alpha value is -2.03. The quantitative estimate of drug-likeness (QED) is 0.265. The number of anilines is 1. The fourth-order valence-corrected chi connectivity index (χ4v) is 5.08. The summed E-state index contributed by atoms with van der Waals surface area (Å²) in [6, 6.07) is 10.9. The molecule has 8 heteroatoms. The lowest BCUT2D eigenvalue weighted by Crippen LogP contribution is -2.38. The molecular weight excluding hydrogens is 436 g/mol. The Morgan fingerprint density at radius 3 is 2.45 bits per heavy atom. The maximum absolute atomic E-state index is 13.6. The fraction of sp³-hybridized carbons (Fsp3) is 0.391. The van der Waals surface area contributed by atoms with E-state index in [2.05, 4.69) is 23.7 Å². The second-order valence-corrected chi connectivity index (χ2v) is 9.26. The van der Waals surface area contributed by atoms with Gasteiger partial charge in [0.1, 0.15) is 11.6 Å². The molecule has 0 fully saturated rings. The molecule has 0 aliphatic heterocycles. The van der Waals surface area contributed by atoms with Crippen LogP contribution in [0.2, 0.25) is 0 Å². The van der Waals surface area contributed by atoms with E-state index in [1.54, 1.807) is 34.9 Å². The number of hydrogen-bond donors (Lipinski definition) is 0. The maximum atomic E-state index is 13.6. The summed E-state index contributed by atoms with van der Waals surface area (Å²) < 4.78 is 27.3. The smallest absolute Gasteiger partial charge is 0.228 e. The van der Waals surface area contributed by atoms with E-state index >= 15 is 0 Å². The molecule has 0 N–H and O–H groups in total. The lowest BCUT2D eigenvalue weighted by Gasteiger charge is -2.24. The van der Waals surface area contributed by atoms with E-state index in [4.69, 9.17) is 0 Å². The molecule has 0 atom stereocenters. The van der Waals surface area contributed by atoms with Crippen molar-refractivity contribution in [2.75, 3.05) is 36.8 Å². The number of halogens is 2. The first kappa shape index (κ1) is 23.6. The number of thiazole rings is 1. The van der Waals surface area contributed by atoms with Gasteiger partial charge in [-0.1, -0.05) is 25.2 Å². The first-order valence-electron chi connectivity index (χ1n) is 10.5. The molecule has 4 nitrogen and oxygen atoms in total. The summed E-state index contributed by atoms with van der Waals surface area (Å²) in [5, 5.41) is 0.615. The molecule has 2 aromatic carbocycles. The van der Waals surface area contributed by atoms with Crippen molar-refractivity contribution in [3.05, 3.63) is 54.1 Å². The highest BCUT2D eigenvalue weighted by atomic mass is 32.2. The minimum Gasteiger partial charge on any atom is -0.302 e. The number of rotatable bonds is 11. The molecule has 0 spiro atoms. The molecule has 1 amide bonds. The van der Waals surface area contributed by atoms with Gasteiger partial charge in [-0.15, -0.1) is 11.8 Å². The number of aromatic nitrogens is 1. The van der Waals surface area contributed by atoms with E-state index in [9.17, 15) is 13.6 Å². The van der Waals surface area contributed by atoms with Crippen molar-refractivity contribution in [1.29, 1.82) is 0 Å². The summed E-state index contributed by atoms with van der Waals surface area (Å²) in [5.74, 6) is 0.235. The number of carbonyl (C=O) groups excluding carboxylic acids is 1. The number of hydrogen-bond acceptors (Lipinski definition) is 5. The van der Waals surface area contributed by atoms with E-state index in [1.165, 1.54) is 35.6 Å². The highest BCUT2D eigenvalue weighted by molar-refractivity contribution is 7.99. The van der Waals surface area contributed by atoms with Gasteiger partial charge in [-0.2, -0.15) is 0 Å². The lowest BCUT2D eigenvalue weighted by molar-refractivity contribution is -0.118. The molecule has 0 radical (unpaired) electrons. The SMILES string of the molecule is CCN(CC)CCN(C(=O)CCCSc1ccc(F)cc1)c1nc2ccc(F)cc2s1. The molecule has 31 heavy (non-hydrogen) atoms. The maximum Gasteiger partial charge on any atom is 0.228 e. The zero-order valence-electron chi connectivity index (χ0n) is 17.8. The Bertz CT molecular complexity index is 990. The highest BCUT2D eigenvalue weighted by Crippen LogP contribution is 2.30. The van der Waals surface area contributed by atoms with E-state index in [0.29, 0.717) is 30.0 Å². The zero-order chi connectivity index (χ0) is 22.2. The van der Waals surface area contributed by atoms with Gasteiger partial charge in [-0.3, -0.25) is 9.69 Å². The molecule has 1 heterocycles. The minimum absolute atomic E-state index is 0.0198. The minimum atomic E-state index is -0.304. The van der Waals surface area contributed by atoms with Crippen molar-refractivity contribution in [3.63, 3.8) is 0 Å².